The highest BCUT2D eigenvalue weighted by Gasteiger charge is 2.22. The number of ether oxygens (including phenoxy) is 1. The first-order chi connectivity index (χ1) is 12.6. The largest absolute Gasteiger partial charge is 0.478 e. The second-order valence-electron chi connectivity index (χ2n) is 5.30. The summed E-state index contributed by atoms with van der Waals surface area (Å²) in [5.74, 6) is -0.270. The third kappa shape index (κ3) is 3.62. The maximum atomic E-state index is 11.5. The van der Waals surface area contributed by atoms with Crippen molar-refractivity contribution in [3.05, 3.63) is 88.5 Å². The summed E-state index contributed by atoms with van der Waals surface area (Å²) in [6, 6.07) is 19.7. The SMILES string of the molecule is O=C(O)c1cccc([N+](=O)[O-])c1Nc1ccccc1Oc1ccccc1. The number of nitrogens with one attached hydrogen (secondary N) is 1. The van der Waals surface area contributed by atoms with E-state index in [1.807, 2.05) is 18.2 Å². The lowest BCUT2D eigenvalue weighted by atomic mass is 10.1. The molecule has 0 fully saturated rings. The van der Waals surface area contributed by atoms with Crippen LogP contribution in [0.5, 0.6) is 11.5 Å². The third-order valence-electron chi connectivity index (χ3n) is 3.59. The number of hydrogen-bond donors (Lipinski definition) is 2. The fraction of sp³-hybridized carbons (Fsp3) is 0. The van der Waals surface area contributed by atoms with Crippen LogP contribution in [0, 0.1) is 10.1 Å². The minimum absolute atomic E-state index is 0.103. The molecule has 3 aromatic rings. The molecular weight excluding hydrogens is 336 g/mol. The first-order valence-electron chi connectivity index (χ1n) is 7.66. The Morgan fingerprint density at radius 1 is 0.962 bits per heavy atom. The van der Waals surface area contributed by atoms with Gasteiger partial charge in [0, 0.05) is 6.07 Å². The molecule has 3 aromatic carbocycles. The molecule has 0 aliphatic carbocycles. The van der Waals surface area contributed by atoms with Crippen LogP contribution in [-0.4, -0.2) is 16.0 Å². The highest BCUT2D eigenvalue weighted by molar-refractivity contribution is 5.98. The van der Waals surface area contributed by atoms with Crippen LogP contribution in [0.15, 0.2) is 72.8 Å². The fourth-order valence-electron chi connectivity index (χ4n) is 2.41. The van der Waals surface area contributed by atoms with Gasteiger partial charge >= 0.3 is 5.97 Å². The number of benzene rings is 3. The molecule has 0 aliphatic heterocycles. The van der Waals surface area contributed by atoms with Crippen molar-refractivity contribution in [1.29, 1.82) is 0 Å². The number of nitrogens with zero attached hydrogens (tertiary/aromatic N) is 1. The van der Waals surface area contributed by atoms with Gasteiger partial charge in [0.05, 0.1) is 16.2 Å². The van der Waals surface area contributed by atoms with Gasteiger partial charge < -0.3 is 15.2 Å². The number of para-hydroxylation sites is 4. The summed E-state index contributed by atoms with van der Waals surface area (Å²) in [6.45, 7) is 0. The lowest BCUT2D eigenvalue weighted by Crippen LogP contribution is -2.06. The van der Waals surface area contributed by atoms with Crippen LogP contribution in [0.2, 0.25) is 0 Å². The third-order valence-corrected chi connectivity index (χ3v) is 3.59. The van der Waals surface area contributed by atoms with Gasteiger partial charge in [-0.2, -0.15) is 0 Å². The summed E-state index contributed by atoms with van der Waals surface area (Å²) < 4.78 is 5.80. The summed E-state index contributed by atoms with van der Waals surface area (Å²) in [4.78, 5) is 22.1. The predicted octanol–water partition coefficient (Wildman–Crippen LogP) is 4.83. The first-order valence-corrected chi connectivity index (χ1v) is 7.66. The second-order valence-corrected chi connectivity index (χ2v) is 5.30. The molecule has 0 radical (unpaired) electrons. The number of carboxylic acids is 1. The van der Waals surface area contributed by atoms with Crippen LogP contribution in [0.25, 0.3) is 0 Å². The summed E-state index contributed by atoms with van der Waals surface area (Å²) in [7, 11) is 0. The average Bonchev–Trinajstić information content (AvgIpc) is 2.64. The van der Waals surface area contributed by atoms with E-state index in [1.165, 1.54) is 18.2 Å². The Balaban J connectivity index is 2.03. The predicted molar refractivity (Wildman–Crippen MR) is 96.3 cm³/mol. The van der Waals surface area contributed by atoms with Crippen LogP contribution in [0.4, 0.5) is 17.1 Å². The van der Waals surface area contributed by atoms with E-state index in [0.717, 1.165) is 0 Å². The Kier molecular flexibility index (Phi) is 4.80. The van der Waals surface area contributed by atoms with Gasteiger partial charge in [0.15, 0.2) is 5.75 Å². The number of carboxylic acid groups (broad SMARTS) is 1. The van der Waals surface area contributed by atoms with Gasteiger partial charge in [0.2, 0.25) is 0 Å². The van der Waals surface area contributed by atoms with Crippen molar-refractivity contribution in [1.82, 2.24) is 0 Å². The summed E-state index contributed by atoms with van der Waals surface area (Å²) in [6.07, 6.45) is 0. The number of hydrogen-bond acceptors (Lipinski definition) is 5. The Labute approximate surface area is 148 Å². The van der Waals surface area contributed by atoms with Crippen molar-refractivity contribution in [2.45, 2.75) is 0 Å². The number of aromatic carboxylic acids is 1. The van der Waals surface area contributed by atoms with Gasteiger partial charge in [-0.15, -0.1) is 0 Å². The number of anilines is 2. The van der Waals surface area contributed by atoms with Gasteiger partial charge in [-0.25, -0.2) is 4.79 Å². The van der Waals surface area contributed by atoms with E-state index < -0.39 is 10.9 Å². The molecule has 2 N–H and O–H groups in total. The van der Waals surface area contributed by atoms with E-state index in [1.54, 1.807) is 36.4 Å². The highest BCUT2D eigenvalue weighted by Crippen LogP contribution is 2.36. The highest BCUT2D eigenvalue weighted by atomic mass is 16.6. The molecule has 0 amide bonds. The average molecular weight is 350 g/mol. The van der Waals surface area contributed by atoms with E-state index in [0.29, 0.717) is 17.2 Å². The zero-order valence-electron chi connectivity index (χ0n) is 13.5. The standard InChI is InChI=1S/C19H14N2O5/c22-19(23)14-9-6-11-16(21(24)25)18(14)20-15-10-4-5-12-17(15)26-13-7-2-1-3-8-13/h1-12,20H,(H,22,23). The Hall–Kier alpha value is -3.87. The molecule has 0 saturated carbocycles. The number of nitro benzene ring substituents is 1. The van der Waals surface area contributed by atoms with Crippen LogP contribution < -0.4 is 10.1 Å². The molecule has 130 valence electrons. The van der Waals surface area contributed by atoms with Crippen molar-refractivity contribution in [2.75, 3.05) is 5.32 Å². The van der Waals surface area contributed by atoms with Crippen LogP contribution in [0.3, 0.4) is 0 Å². The van der Waals surface area contributed by atoms with E-state index in [2.05, 4.69) is 5.32 Å². The number of nitro groups is 1. The van der Waals surface area contributed by atoms with Gasteiger partial charge in [-0.05, 0) is 30.3 Å². The maximum Gasteiger partial charge on any atom is 0.338 e. The van der Waals surface area contributed by atoms with Crippen LogP contribution in [-0.2, 0) is 0 Å². The fourth-order valence-corrected chi connectivity index (χ4v) is 2.41. The molecule has 0 bridgehead atoms. The van der Waals surface area contributed by atoms with Crippen molar-refractivity contribution in [3.8, 4) is 11.5 Å². The van der Waals surface area contributed by atoms with Crippen molar-refractivity contribution in [3.63, 3.8) is 0 Å². The molecule has 0 unspecified atom stereocenters. The van der Waals surface area contributed by atoms with Crippen molar-refractivity contribution >= 4 is 23.0 Å². The number of carbonyl (C=O) groups is 1. The Morgan fingerprint density at radius 3 is 2.35 bits per heavy atom. The molecule has 0 saturated heterocycles. The monoisotopic (exact) mass is 350 g/mol. The molecule has 0 aliphatic rings. The normalized spacial score (nSPS) is 10.2. The van der Waals surface area contributed by atoms with Crippen molar-refractivity contribution in [2.24, 2.45) is 0 Å². The molecule has 0 spiro atoms. The molecule has 7 nitrogen and oxygen atoms in total. The van der Waals surface area contributed by atoms with E-state index in [9.17, 15) is 20.0 Å². The van der Waals surface area contributed by atoms with E-state index >= 15 is 0 Å². The molecule has 0 aromatic heterocycles. The summed E-state index contributed by atoms with van der Waals surface area (Å²) in [5.41, 5.74) is -0.226. The zero-order valence-corrected chi connectivity index (χ0v) is 13.5. The molecular formula is C19H14N2O5. The minimum Gasteiger partial charge on any atom is -0.478 e. The quantitative estimate of drug-likeness (QED) is 0.488. The van der Waals surface area contributed by atoms with Crippen molar-refractivity contribution < 1.29 is 19.6 Å². The topological polar surface area (TPSA) is 102 Å². The Morgan fingerprint density at radius 2 is 1.65 bits per heavy atom. The summed E-state index contributed by atoms with van der Waals surface area (Å²) in [5, 5.41) is 23.5. The summed E-state index contributed by atoms with van der Waals surface area (Å²) >= 11 is 0. The molecule has 3 rings (SSSR count). The maximum absolute atomic E-state index is 11.5. The van der Waals surface area contributed by atoms with Gasteiger partial charge in [-0.1, -0.05) is 36.4 Å². The Bertz CT molecular complexity index is 925. The lowest BCUT2D eigenvalue weighted by Gasteiger charge is -2.14. The van der Waals surface area contributed by atoms with Gasteiger partial charge in [0.1, 0.15) is 11.4 Å². The lowest BCUT2D eigenvalue weighted by molar-refractivity contribution is -0.383. The first kappa shape index (κ1) is 17.0. The molecule has 26 heavy (non-hydrogen) atoms. The van der Waals surface area contributed by atoms with E-state index in [4.69, 9.17) is 4.74 Å². The smallest absolute Gasteiger partial charge is 0.338 e. The zero-order chi connectivity index (χ0) is 18.5. The molecule has 0 atom stereocenters. The number of rotatable bonds is 6. The van der Waals surface area contributed by atoms with Gasteiger partial charge in [0.25, 0.3) is 5.69 Å². The molecule has 0 heterocycles. The second kappa shape index (κ2) is 7.35. The minimum atomic E-state index is -1.27. The van der Waals surface area contributed by atoms with E-state index in [-0.39, 0.29) is 16.9 Å². The van der Waals surface area contributed by atoms with Crippen LogP contribution >= 0.6 is 0 Å². The van der Waals surface area contributed by atoms with Gasteiger partial charge in [-0.3, -0.25) is 10.1 Å². The molecule has 7 heteroatoms. The van der Waals surface area contributed by atoms with Crippen LogP contribution in [0.1, 0.15) is 10.4 Å².